The van der Waals surface area contributed by atoms with Crippen LogP contribution in [0.25, 0.3) is 0 Å². The van der Waals surface area contributed by atoms with E-state index in [9.17, 15) is 0 Å². The van der Waals surface area contributed by atoms with Crippen LogP contribution in [0.15, 0.2) is 12.3 Å². The molecule has 0 saturated carbocycles. The number of hydrogen-bond donors (Lipinski definition) is 3. The Morgan fingerprint density at radius 2 is 2.12 bits per heavy atom. The summed E-state index contributed by atoms with van der Waals surface area (Å²) in [7, 11) is 1.92. The maximum atomic E-state index is 9.10. The molecule has 1 aromatic heterocycles. The van der Waals surface area contributed by atoms with Gasteiger partial charge in [0.25, 0.3) is 0 Å². The highest BCUT2D eigenvalue weighted by Crippen LogP contribution is 2.11. The second kappa shape index (κ2) is 5.98. The first-order valence-corrected chi connectivity index (χ1v) is 5.50. The van der Waals surface area contributed by atoms with Gasteiger partial charge in [-0.2, -0.15) is 5.10 Å². The molecule has 0 aliphatic heterocycles. The lowest BCUT2D eigenvalue weighted by atomic mass is 9.93. The number of nitrogens with one attached hydrogen (secondary N) is 1. The number of aliphatic hydroxyl groups excluding tert-OH is 2. The van der Waals surface area contributed by atoms with E-state index in [1.165, 1.54) is 5.69 Å². The molecule has 3 N–H and O–H groups in total. The van der Waals surface area contributed by atoms with Gasteiger partial charge in [0.1, 0.15) is 0 Å². The molecule has 0 aliphatic carbocycles. The molecule has 5 nitrogen and oxygen atoms in total. The summed E-state index contributed by atoms with van der Waals surface area (Å²) in [6.07, 6.45) is 2.67. The van der Waals surface area contributed by atoms with Crippen LogP contribution in [0.5, 0.6) is 0 Å². The van der Waals surface area contributed by atoms with E-state index in [0.29, 0.717) is 6.54 Å². The summed E-state index contributed by atoms with van der Waals surface area (Å²) in [6.45, 7) is 3.25. The maximum absolute atomic E-state index is 9.10. The molecule has 0 saturated heterocycles. The van der Waals surface area contributed by atoms with Gasteiger partial charge in [0.05, 0.1) is 13.2 Å². The number of aryl methyl sites for hydroxylation is 1. The third-order valence-corrected chi connectivity index (χ3v) is 2.80. The molecule has 0 aromatic carbocycles. The van der Waals surface area contributed by atoms with Crippen molar-refractivity contribution in [1.82, 2.24) is 15.1 Å². The molecule has 0 amide bonds. The predicted molar refractivity (Wildman–Crippen MR) is 62.1 cm³/mol. The van der Waals surface area contributed by atoms with Gasteiger partial charge in [-0.05, 0) is 6.07 Å². The summed E-state index contributed by atoms with van der Waals surface area (Å²) in [4.78, 5) is 0. The first-order valence-electron chi connectivity index (χ1n) is 5.50. The molecule has 92 valence electrons. The van der Waals surface area contributed by atoms with Crippen molar-refractivity contribution in [3.05, 3.63) is 18.0 Å². The van der Waals surface area contributed by atoms with Gasteiger partial charge in [0.2, 0.25) is 0 Å². The molecule has 0 spiro atoms. The molecule has 0 atom stereocenters. The van der Waals surface area contributed by atoms with Crippen LogP contribution in [0.3, 0.4) is 0 Å². The number of aliphatic hydroxyl groups is 2. The van der Waals surface area contributed by atoms with E-state index in [0.717, 1.165) is 13.0 Å². The van der Waals surface area contributed by atoms with Crippen molar-refractivity contribution in [3.63, 3.8) is 0 Å². The molecule has 0 radical (unpaired) electrons. The van der Waals surface area contributed by atoms with Crippen LogP contribution in [0.2, 0.25) is 0 Å². The Labute approximate surface area is 96.1 Å². The van der Waals surface area contributed by atoms with Crippen molar-refractivity contribution in [3.8, 4) is 0 Å². The minimum atomic E-state index is -0.438. The highest BCUT2D eigenvalue weighted by Gasteiger charge is 2.21. The number of aromatic nitrogens is 2. The maximum Gasteiger partial charge on any atom is 0.0518 e. The van der Waals surface area contributed by atoms with Gasteiger partial charge in [-0.1, -0.05) is 6.92 Å². The molecular formula is C11H21N3O2. The Morgan fingerprint density at radius 1 is 1.44 bits per heavy atom. The molecule has 0 fully saturated rings. The molecule has 5 heteroatoms. The Hall–Kier alpha value is -0.910. The molecule has 1 rings (SSSR count). The van der Waals surface area contributed by atoms with Gasteiger partial charge >= 0.3 is 0 Å². The second-order valence-corrected chi connectivity index (χ2v) is 4.50. The highest BCUT2D eigenvalue weighted by atomic mass is 16.3. The zero-order valence-corrected chi connectivity index (χ0v) is 9.98. The van der Waals surface area contributed by atoms with Crippen LogP contribution in [-0.2, 0) is 13.5 Å². The van der Waals surface area contributed by atoms with Crippen molar-refractivity contribution in [2.45, 2.75) is 13.3 Å². The molecular weight excluding hydrogens is 206 g/mol. The van der Waals surface area contributed by atoms with Crippen LogP contribution in [0.4, 0.5) is 0 Å². The standard InChI is InChI=1S/C11H21N3O2/c1-11(8-15,9-16)7-12-5-3-10-4-6-13-14(10)2/h4,6,12,15-16H,3,5,7-9H2,1-2H3. The first-order chi connectivity index (χ1) is 7.61. The third kappa shape index (κ3) is 3.59. The normalized spacial score (nSPS) is 12.0. The third-order valence-electron chi connectivity index (χ3n) is 2.80. The van der Waals surface area contributed by atoms with E-state index in [1.807, 2.05) is 24.7 Å². The minimum Gasteiger partial charge on any atom is -0.396 e. The largest absolute Gasteiger partial charge is 0.396 e. The average molecular weight is 227 g/mol. The van der Waals surface area contributed by atoms with Crippen molar-refractivity contribution >= 4 is 0 Å². The second-order valence-electron chi connectivity index (χ2n) is 4.50. The van der Waals surface area contributed by atoms with Crippen molar-refractivity contribution in [1.29, 1.82) is 0 Å². The monoisotopic (exact) mass is 227 g/mol. The van der Waals surface area contributed by atoms with Crippen LogP contribution in [-0.4, -0.2) is 46.3 Å². The number of rotatable bonds is 7. The van der Waals surface area contributed by atoms with Gasteiger partial charge in [-0.3, -0.25) is 4.68 Å². The van der Waals surface area contributed by atoms with E-state index in [4.69, 9.17) is 10.2 Å². The average Bonchev–Trinajstić information content (AvgIpc) is 2.70. The summed E-state index contributed by atoms with van der Waals surface area (Å²) in [5, 5.41) is 25.5. The van der Waals surface area contributed by atoms with Crippen molar-refractivity contribution < 1.29 is 10.2 Å². The van der Waals surface area contributed by atoms with E-state index in [2.05, 4.69) is 10.4 Å². The van der Waals surface area contributed by atoms with Crippen LogP contribution in [0, 0.1) is 5.41 Å². The summed E-state index contributed by atoms with van der Waals surface area (Å²) >= 11 is 0. The van der Waals surface area contributed by atoms with E-state index < -0.39 is 5.41 Å². The Kier molecular flexibility index (Phi) is 4.92. The smallest absolute Gasteiger partial charge is 0.0518 e. The van der Waals surface area contributed by atoms with Crippen molar-refractivity contribution in [2.24, 2.45) is 12.5 Å². The molecule has 1 heterocycles. The van der Waals surface area contributed by atoms with Crippen LogP contribution >= 0.6 is 0 Å². The van der Waals surface area contributed by atoms with E-state index in [1.54, 1.807) is 6.20 Å². The van der Waals surface area contributed by atoms with Gasteiger partial charge < -0.3 is 15.5 Å². The van der Waals surface area contributed by atoms with Gasteiger partial charge in [-0.15, -0.1) is 0 Å². The summed E-state index contributed by atoms with van der Waals surface area (Å²) in [5.74, 6) is 0. The molecule has 0 bridgehead atoms. The SMILES string of the molecule is Cn1nccc1CCNCC(C)(CO)CO. The Morgan fingerprint density at radius 3 is 2.62 bits per heavy atom. The van der Waals surface area contributed by atoms with Gasteiger partial charge in [0, 0.05) is 43.9 Å². The minimum absolute atomic E-state index is 0.0117. The Bertz CT molecular complexity index is 308. The fourth-order valence-electron chi connectivity index (χ4n) is 1.41. The zero-order valence-electron chi connectivity index (χ0n) is 9.98. The van der Waals surface area contributed by atoms with E-state index >= 15 is 0 Å². The molecule has 16 heavy (non-hydrogen) atoms. The Balaban J connectivity index is 2.24. The lowest BCUT2D eigenvalue weighted by Gasteiger charge is -2.24. The fraction of sp³-hybridized carbons (Fsp3) is 0.727. The van der Waals surface area contributed by atoms with Gasteiger partial charge in [0.15, 0.2) is 0 Å². The number of nitrogens with zero attached hydrogens (tertiary/aromatic N) is 2. The molecule has 0 aliphatic rings. The molecule has 0 unspecified atom stereocenters. The summed E-state index contributed by atoms with van der Waals surface area (Å²) in [6, 6.07) is 1.99. The highest BCUT2D eigenvalue weighted by molar-refractivity contribution is 5.00. The topological polar surface area (TPSA) is 70.3 Å². The lowest BCUT2D eigenvalue weighted by Crippen LogP contribution is -2.38. The van der Waals surface area contributed by atoms with Crippen molar-refractivity contribution in [2.75, 3.05) is 26.3 Å². The lowest BCUT2D eigenvalue weighted by molar-refractivity contribution is 0.0700. The van der Waals surface area contributed by atoms with Crippen LogP contribution in [0.1, 0.15) is 12.6 Å². The zero-order chi connectivity index (χ0) is 12.0. The molecule has 1 aromatic rings. The van der Waals surface area contributed by atoms with Gasteiger partial charge in [-0.25, -0.2) is 0 Å². The quantitative estimate of drug-likeness (QED) is 0.551. The number of hydrogen-bond acceptors (Lipinski definition) is 4. The summed E-state index contributed by atoms with van der Waals surface area (Å²) < 4.78 is 1.85. The van der Waals surface area contributed by atoms with E-state index in [-0.39, 0.29) is 13.2 Å². The predicted octanol–water partition coefficient (Wildman–Crippen LogP) is -0.457. The fourth-order valence-corrected chi connectivity index (χ4v) is 1.41. The van der Waals surface area contributed by atoms with Crippen LogP contribution < -0.4 is 5.32 Å². The first kappa shape index (κ1) is 13.2. The summed E-state index contributed by atoms with van der Waals surface area (Å²) in [5.41, 5.74) is 0.731.